The van der Waals surface area contributed by atoms with Crippen LogP contribution in [0, 0.1) is 29.1 Å². The molecular weight excluding hydrogens is 224 g/mol. The fourth-order valence-electron chi connectivity index (χ4n) is 4.48. The smallest absolute Gasteiger partial charge is 0.334 e. The summed E-state index contributed by atoms with van der Waals surface area (Å²) in [5.74, 6) is 2.13. The van der Waals surface area contributed by atoms with Gasteiger partial charge in [0.15, 0.2) is 0 Å². The van der Waals surface area contributed by atoms with Gasteiger partial charge in [0.05, 0.1) is 0 Å². The summed E-state index contributed by atoms with van der Waals surface area (Å²) in [5.41, 5.74) is 1.26. The largest absolute Gasteiger partial charge is 0.458 e. The number of rotatable bonds is 1. The van der Waals surface area contributed by atoms with Crippen molar-refractivity contribution in [3.8, 4) is 0 Å². The maximum absolute atomic E-state index is 12.1. The first kappa shape index (κ1) is 12.3. The van der Waals surface area contributed by atoms with Gasteiger partial charge in [-0.2, -0.15) is 0 Å². The zero-order valence-electron chi connectivity index (χ0n) is 11.9. The van der Waals surface area contributed by atoms with Crippen LogP contribution in [0.25, 0.3) is 0 Å². The van der Waals surface area contributed by atoms with Gasteiger partial charge < -0.3 is 4.74 Å². The average Bonchev–Trinajstić information content (AvgIpc) is 2.63. The van der Waals surface area contributed by atoms with Crippen molar-refractivity contribution >= 4 is 5.97 Å². The van der Waals surface area contributed by atoms with Gasteiger partial charge in [-0.1, -0.05) is 33.8 Å². The first-order valence-electron chi connectivity index (χ1n) is 7.36. The van der Waals surface area contributed by atoms with E-state index in [2.05, 4.69) is 33.8 Å². The lowest BCUT2D eigenvalue weighted by Gasteiger charge is -2.51. The molecule has 0 amide bonds. The molecule has 100 valence electrons. The second kappa shape index (κ2) is 3.85. The van der Waals surface area contributed by atoms with Gasteiger partial charge in [0.2, 0.25) is 0 Å². The molecular formula is C16H24O2. The van der Waals surface area contributed by atoms with Crippen LogP contribution < -0.4 is 0 Å². The molecule has 0 unspecified atom stereocenters. The van der Waals surface area contributed by atoms with Gasteiger partial charge in [0.1, 0.15) is 6.10 Å². The second-order valence-electron chi connectivity index (χ2n) is 7.10. The van der Waals surface area contributed by atoms with Crippen molar-refractivity contribution in [3.63, 3.8) is 0 Å². The normalized spacial score (nSPS) is 46.7. The lowest BCUT2D eigenvalue weighted by atomic mass is 9.53. The van der Waals surface area contributed by atoms with E-state index in [0.29, 0.717) is 23.7 Å². The molecule has 1 heterocycles. The standard InChI is InChI=1S/C16H24O2/c1-9(2)11-7-8-16(4)10(3)5-6-12-13(16)14(11)18-15(12)17/h6,9-11,13-14H,5,7-8H2,1-4H3/t10-,11+,13-,14+,16+/m1/s1. The van der Waals surface area contributed by atoms with Crippen molar-refractivity contribution in [3.05, 3.63) is 11.6 Å². The summed E-state index contributed by atoms with van der Waals surface area (Å²) in [6, 6.07) is 0. The van der Waals surface area contributed by atoms with Crippen LogP contribution in [0.1, 0.15) is 47.0 Å². The van der Waals surface area contributed by atoms with Gasteiger partial charge >= 0.3 is 5.97 Å². The molecule has 1 aliphatic heterocycles. The molecule has 1 saturated heterocycles. The average molecular weight is 248 g/mol. The van der Waals surface area contributed by atoms with Crippen molar-refractivity contribution in [2.75, 3.05) is 0 Å². The molecule has 2 nitrogen and oxygen atoms in total. The zero-order valence-corrected chi connectivity index (χ0v) is 11.9. The summed E-state index contributed by atoms with van der Waals surface area (Å²) in [6.07, 6.45) is 5.79. The molecule has 0 aromatic heterocycles. The minimum Gasteiger partial charge on any atom is -0.458 e. The SMILES string of the molecule is CC(C)[C@@H]1CC[C@@]2(C)[C@H](C)CC=C3C(=O)O[C@@H]1[C@@H]32. The summed E-state index contributed by atoms with van der Waals surface area (Å²) >= 11 is 0. The van der Waals surface area contributed by atoms with E-state index in [0.717, 1.165) is 12.0 Å². The van der Waals surface area contributed by atoms with E-state index in [1.807, 2.05) is 0 Å². The number of esters is 1. The topological polar surface area (TPSA) is 26.3 Å². The van der Waals surface area contributed by atoms with Gasteiger partial charge in [0, 0.05) is 11.5 Å². The molecule has 3 rings (SSSR count). The van der Waals surface area contributed by atoms with Crippen LogP contribution in [0.4, 0.5) is 0 Å². The van der Waals surface area contributed by atoms with Gasteiger partial charge in [-0.25, -0.2) is 4.79 Å². The van der Waals surface area contributed by atoms with Crippen LogP contribution in [-0.4, -0.2) is 12.1 Å². The fourth-order valence-corrected chi connectivity index (χ4v) is 4.48. The monoisotopic (exact) mass is 248 g/mol. The van der Waals surface area contributed by atoms with E-state index >= 15 is 0 Å². The summed E-state index contributed by atoms with van der Waals surface area (Å²) in [6.45, 7) is 9.23. The molecule has 5 atom stereocenters. The summed E-state index contributed by atoms with van der Waals surface area (Å²) in [7, 11) is 0. The van der Waals surface area contributed by atoms with Crippen molar-refractivity contribution in [2.45, 2.75) is 53.1 Å². The van der Waals surface area contributed by atoms with Crippen LogP contribution >= 0.6 is 0 Å². The lowest BCUT2D eigenvalue weighted by molar-refractivity contribution is -0.146. The van der Waals surface area contributed by atoms with Crippen LogP contribution in [0.3, 0.4) is 0 Å². The molecule has 2 heteroatoms. The van der Waals surface area contributed by atoms with Crippen molar-refractivity contribution in [1.29, 1.82) is 0 Å². The molecule has 1 saturated carbocycles. The minimum absolute atomic E-state index is 0.0318. The molecule has 3 aliphatic rings. The number of allylic oxidation sites excluding steroid dienone is 1. The third-order valence-electron chi connectivity index (χ3n) is 5.96. The van der Waals surface area contributed by atoms with Crippen molar-refractivity contribution in [1.82, 2.24) is 0 Å². The highest BCUT2D eigenvalue weighted by atomic mass is 16.6. The number of carbonyl (C=O) groups is 1. The van der Waals surface area contributed by atoms with E-state index in [9.17, 15) is 4.79 Å². The molecule has 0 bridgehead atoms. The first-order valence-corrected chi connectivity index (χ1v) is 7.36. The molecule has 0 aromatic carbocycles. The number of carbonyl (C=O) groups excluding carboxylic acids is 1. The molecule has 0 radical (unpaired) electrons. The van der Waals surface area contributed by atoms with E-state index in [1.165, 1.54) is 12.8 Å². The van der Waals surface area contributed by atoms with Crippen LogP contribution in [0.5, 0.6) is 0 Å². The Morgan fingerprint density at radius 1 is 1.44 bits per heavy atom. The van der Waals surface area contributed by atoms with Crippen LogP contribution in [-0.2, 0) is 9.53 Å². The fraction of sp³-hybridized carbons (Fsp3) is 0.812. The lowest BCUT2D eigenvalue weighted by Crippen LogP contribution is -2.49. The Labute approximate surface area is 110 Å². The van der Waals surface area contributed by atoms with Crippen molar-refractivity contribution in [2.24, 2.45) is 29.1 Å². The van der Waals surface area contributed by atoms with Crippen LogP contribution in [0.2, 0.25) is 0 Å². The first-order chi connectivity index (χ1) is 8.45. The van der Waals surface area contributed by atoms with Gasteiger partial charge in [0.25, 0.3) is 0 Å². The Morgan fingerprint density at radius 3 is 2.83 bits per heavy atom. The molecule has 2 aliphatic carbocycles. The van der Waals surface area contributed by atoms with Gasteiger partial charge in [-0.3, -0.25) is 0 Å². The Morgan fingerprint density at radius 2 is 2.17 bits per heavy atom. The molecule has 0 aromatic rings. The third-order valence-corrected chi connectivity index (χ3v) is 5.96. The summed E-state index contributed by atoms with van der Waals surface area (Å²) in [5, 5.41) is 0. The Hall–Kier alpha value is -0.790. The van der Waals surface area contributed by atoms with Crippen LogP contribution in [0.15, 0.2) is 11.6 Å². The Balaban J connectivity index is 2.04. The Kier molecular flexibility index (Phi) is 2.62. The number of ether oxygens (including phenoxy) is 1. The summed E-state index contributed by atoms with van der Waals surface area (Å²) in [4.78, 5) is 12.1. The molecule has 0 N–H and O–H groups in total. The molecule has 18 heavy (non-hydrogen) atoms. The maximum atomic E-state index is 12.1. The molecule has 2 fully saturated rings. The minimum atomic E-state index is -0.0318. The third kappa shape index (κ3) is 1.44. The molecule has 0 spiro atoms. The highest BCUT2D eigenvalue weighted by Gasteiger charge is 2.58. The Bertz CT molecular complexity index is 409. The van der Waals surface area contributed by atoms with E-state index in [4.69, 9.17) is 4.74 Å². The van der Waals surface area contributed by atoms with E-state index in [-0.39, 0.29) is 17.5 Å². The highest BCUT2D eigenvalue weighted by molar-refractivity contribution is 5.92. The number of hydrogen-bond acceptors (Lipinski definition) is 2. The van der Waals surface area contributed by atoms with Crippen molar-refractivity contribution < 1.29 is 9.53 Å². The maximum Gasteiger partial charge on any atom is 0.334 e. The highest BCUT2D eigenvalue weighted by Crippen LogP contribution is 2.59. The second-order valence-corrected chi connectivity index (χ2v) is 7.10. The van der Waals surface area contributed by atoms with Gasteiger partial charge in [-0.05, 0) is 42.4 Å². The quantitative estimate of drug-likeness (QED) is 0.663. The zero-order chi connectivity index (χ0) is 13.1. The number of hydrogen-bond donors (Lipinski definition) is 0. The predicted molar refractivity (Wildman–Crippen MR) is 70.9 cm³/mol. The summed E-state index contributed by atoms with van der Waals surface area (Å²) < 4.78 is 5.76. The van der Waals surface area contributed by atoms with Gasteiger partial charge in [-0.15, -0.1) is 0 Å². The van der Waals surface area contributed by atoms with E-state index < -0.39 is 0 Å². The van der Waals surface area contributed by atoms with E-state index in [1.54, 1.807) is 0 Å². The predicted octanol–water partition coefficient (Wildman–Crippen LogP) is 3.57.